The van der Waals surface area contributed by atoms with E-state index in [1.54, 1.807) is 4.90 Å². The van der Waals surface area contributed by atoms with Crippen LogP contribution in [-0.4, -0.2) is 57.7 Å². The summed E-state index contributed by atoms with van der Waals surface area (Å²) in [6.45, 7) is 1.49. The molecule has 29 heavy (non-hydrogen) atoms. The van der Waals surface area contributed by atoms with Crippen LogP contribution in [0.1, 0.15) is 5.56 Å². The highest BCUT2D eigenvalue weighted by atomic mass is 32.2. The molecule has 2 aromatic rings. The van der Waals surface area contributed by atoms with Crippen LogP contribution in [0.25, 0.3) is 0 Å². The Labute approximate surface area is 168 Å². The van der Waals surface area contributed by atoms with Crippen LogP contribution in [0.4, 0.5) is 20.2 Å². The number of likely N-dealkylation sites (N-methyl/N-ethyl adjacent to an activating group) is 1. The number of nitro benzene ring substituents is 1. The van der Waals surface area contributed by atoms with Crippen LogP contribution in [0, 0.1) is 10.1 Å². The summed E-state index contributed by atoms with van der Waals surface area (Å²) in [6.07, 6.45) is 0.614. The van der Waals surface area contributed by atoms with Crippen molar-refractivity contribution in [3.8, 4) is 0 Å². The van der Waals surface area contributed by atoms with E-state index in [1.165, 1.54) is 6.07 Å². The molecule has 0 aromatic heterocycles. The predicted octanol–water partition coefficient (Wildman–Crippen LogP) is 3.20. The maximum absolute atomic E-state index is 12.8. The Hall–Kier alpha value is -2.59. The average Bonchev–Trinajstić information content (AvgIpc) is 2.68. The van der Waals surface area contributed by atoms with Crippen molar-refractivity contribution in [2.45, 2.75) is 17.1 Å². The summed E-state index contributed by atoms with van der Waals surface area (Å²) in [5.74, 6) is -3.64. The van der Waals surface area contributed by atoms with Crippen LogP contribution in [0.15, 0.2) is 53.4 Å². The number of rotatable bonds is 10. The van der Waals surface area contributed by atoms with Crippen LogP contribution in [0.5, 0.6) is 0 Å². The van der Waals surface area contributed by atoms with Gasteiger partial charge < -0.3 is 9.80 Å². The van der Waals surface area contributed by atoms with E-state index >= 15 is 0 Å². The van der Waals surface area contributed by atoms with Crippen molar-refractivity contribution in [3.63, 3.8) is 0 Å². The number of sulfone groups is 1. The van der Waals surface area contributed by atoms with Gasteiger partial charge in [-0.2, -0.15) is 8.78 Å². The SMILES string of the molecule is CN(C)CCN(CCc1ccccc1)c1ccc(S(=O)(=O)C(F)F)cc1[N+](=O)[O-]. The van der Waals surface area contributed by atoms with Gasteiger partial charge in [0.15, 0.2) is 0 Å². The van der Waals surface area contributed by atoms with Crippen molar-refractivity contribution < 1.29 is 22.1 Å². The number of hydrogen-bond acceptors (Lipinski definition) is 6. The Morgan fingerprint density at radius 2 is 1.69 bits per heavy atom. The van der Waals surface area contributed by atoms with Crippen molar-refractivity contribution >= 4 is 21.2 Å². The fourth-order valence-electron chi connectivity index (χ4n) is 2.78. The molecular weight excluding hydrogens is 404 g/mol. The molecule has 2 rings (SSSR count). The minimum atomic E-state index is -4.92. The van der Waals surface area contributed by atoms with E-state index in [0.717, 1.165) is 11.6 Å². The molecule has 0 unspecified atom stereocenters. The number of nitro groups is 1. The average molecular weight is 427 g/mol. The molecular formula is C19H23F2N3O4S. The third-order valence-electron chi connectivity index (χ3n) is 4.38. The van der Waals surface area contributed by atoms with Crippen molar-refractivity contribution in [1.82, 2.24) is 4.90 Å². The van der Waals surface area contributed by atoms with E-state index in [4.69, 9.17) is 0 Å². The Bertz CT molecular complexity index is 938. The molecule has 0 amide bonds. The first-order chi connectivity index (χ1) is 13.6. The Kier molecular flexibility index (Phi) is 7.63. The predicted molar refractivity (Wildman–Crippen MR) is 107 cm³/mol. The highest BCUT2D eigenvalue weighted by Crippen LogP contribution is 2.32. The molecule has 0 saturated heterocycles. The van der Waals surface area contributed by atoms with E-state index in [2.05, 4.69) is 0 Å². The molecule has 0 radical (unpaired) electrons. The zero-order chi connectivity index (χ0) is 21.6. The number of hydrogen-bond donors (Lipinski definition) is 0. The van der Waals surface area contributed by atoms with Crippen LogP contribution >= 0.6 is 0 Å². The number of nitrogens with zero attached hydrogens (tertiary/aromatic N) is 3. The summed E-state index contributed by atoms with van der Waals surface area (Å²) < 4.78 is 49.1. The molecule has 0 N–H and O–H groups in total. The second-order valence-electron chi connectivity index (χ2n) is 6.74. The van der Waals surface area contributed by atoms with E-state index in [1.807, 2.05) is 49.3 Å². The van der Waals surface area contributed by atoms with Crippen LogP contribution in [0.2, 0.25) is 0 Å². The third kappa shape index (κ3) is 5.94. The summed E-state index contributed by atoms with van der Waals surface area (Å²) >= 11 is 0. The highest BCUT2D eigenvalue weighted by molar-refractivity contribution is 7.91. The molecule has 0 aliphatic rings. The van der Waals surface area contributed by atoms with Gasteiger partial charge in [0.25, 0.3) is 5.69 Å². The molecule has 10 heteroatoms. The molecule has 0 spiro atoms. The molecule has 0 bridgehead atoms. The molecule has 0 atom stereocenters. The van der Waals surface area contributed by atoms with Gasteiger partial charge in [0.2, 0.25) is 9.84 Å². The molecule has 0 heterocycles. The number of anilines is 1. The van der Waals surface area contributed by atoms with E-state index in [0.29, 0.717) is 32.1 Å². The monoisotopic (exact) mass is 427 g/mol. The lowest BCUT2D eigenvalue weighted by atomic mass is 10.1. The minimum absolute atomic E-state index is 0.195. The fourth-order valence-corrected chi connectivity index (χ4v) is 3.52. The molecule has 158 valence electrons. The second-order valence-corrected chi connectivity index (χ2v) is 8.66. The zero-order valence-electron chi connectivity index (χ0n) is 16.2. The van der Waals surface area contributed by atoms with Crippen molar-refractivity contribution in [2.75, 3.05) is 38.6 Å². The van der Waals surface area contributed by atoms with Gasteiger partial charge in [-0.15, -0.1) is 0 Å². The molecule has 2 aromatic carbocycles. The number of alkyl halides is 2. The first kappa shape index (κ1) is 22.7. The minimum Gasteiger partial charge on any atom is -0.364 e. The van der Waals surface area contributed by atoms with E-state index in [9.17, 15) is 27.3 Å². The third-order valence-corrected chi connectivity index (χ3v) is 5.76. The van der Waals surface area contributed by atoms with Gasteiger partial charge in [0.05, 0.1) is 9.82 Å². The standard InChI is InChI=1S/C19H23F2N3O4S/c1-22(2)12-13-23(11-10-15-6-4-3-5-7-15)17-9-8-16(14-18(17)24(25)26)29(27,28)19(20)21/h3-9,14,19H,10-13H2,1-2H3. The first-order valence-corrected chi connectivity index (χ1v) is 10.4. The maximum atomic E-state index is 12.8. The molecule has 0 aliphatic carbocycles. The normalized spacial score (nSPS) is 11.8. The highest BCUT2D eigenvalue weighted by Gasteiger charge is 2.30. The van der Waals surface area contributed by atoms with Gasteiger partial charge in [0, 0.05) is 25.7 Å². The number of halogens is 2. The molecule has 0 saturated carbocycles. The molecule has 7 nitrogen and oxygen atoms in total. The fraction of sp³-hybridized carbons (Fsp3) is 0.368. The van der Waals surface area contributed by atoms with E-state index < -0.39 is 31.1 Å². The van der Waals surface area contributed by atoms with Crippen molar-refractivity contribution in [3.05, 3.63) is 64.2 Å². The Morgan fingerprint density at radius 1 is 1.03 bits per heavy atom. The Balaban J connectivity index is 2.40. The zero-order valence-corrected chi connectivity index (χ0v) is 17.0. The first-order valence-electron chi connectivity index (χ1n) is 8.87. The van der Waals surface area contributed by atoms with Gasteiger partial charge >= 0.3 is 5.76 Å². The summed E-state index contributed by atoms with van der Waals surface area (Å²) in [5, 5.41) is 11.6. The summed E-state index contributed by atoms with van der Waals surface area (Å²) in [4.78, 5) is 13.7. The second kappa shape index (κ2) is 9.75. The summed E-state index contributed by atoms with van der Waals surface area (Å²) in [6, 6.07) is 12.5. The van der Waals surface area contributed by atoms with Gasteiger partial charge in [0.1, 0.15) is 5.69 Å². The summed E-state index contributed by atoms with van der Waals surface area (Å²) in [5.41, 5.74) is 0.724. The topological polar surface area (TPSA) is 83.8 Å². The van der Waals surface area contributed by atoms with Gasteiger partial charge in [-0.25, -0.2) is 8.42 Å². The largest absolute Gasteiger partial charge is 0.364 e. The lowest BCUT2D eigenvalue weighted by Crippen LogP contribution is -2.33. The van der Waals surface area contributed by atoms with Crippen molar-refractivity contribution in [2.24, 2.45) is 0 Å². The molecule has 0 fully saturated rings. The van der Waals surface area contributed by atoms with Gasteiger partial charge in [-0.3, -0.25) is 10.1 Å². The summed E-state index contributed by atoms with van der Waals surface area (Å²) in [7, 11) is -1.19. The van der Waals surface area contributed by atoms with Crippen LogP contribution in [-0.2, 0) is 16.3 Å². The van der Waals surface area contributed by atoms with Crippen LogP contribution in [0.3, 0.4) is 0 Å². The number of benzene rings is 2. The lowest BCUT2D eigenvalue weighted by Gasteiger charge is -2.26. The van der Waals surface area contributed by atoms with Crippen molar-refractivity contribution in [1.29, 1.82) is 0 Å². The van der Waals surface area contributed by atoms with Gasteiger partial charge in [-0.1, -0.05) is 30.3 Å². The van der Waals surface area contributed by atoms with Crippen LogP contribution < -0.4 is 4.90 Å². The Morgan fingerprint density at radius 3 is 2.24 bits per heavy atom. The lowest BCUT2D eigenvalue weighted by molar-refractivity contribution is -0.384. The maximum Gasteiger partial charge on any atom is 0.341 e. The van der Waals surface area contributed by atoms with Gasteiger partial charge in [-0.05, 0) is 38.2 Å². The quantitative estimate of drug-likeness (QED) is 0.428. The smallest absolute Gasteiger partial charge is 0.341 e. The van der Waals surface area contributed by atoms with E-state index in [-0.39, 0.29) is 5.69 Å². The molecule has 0 aliphatic heterocycles.